The molecular weight excluding hydrogens is 345 g/mol. The first-order valence-corrected chi connectivity index (χ1v) is 9.14. The van der Waals surface area contributed by atoms with Crippen molar-refractivity contribution in [1.29, 1.82) is 0 Å². The van der Waals surface area contributed by atoms with Crippen LogP contribution in [-0.2, 0) is 11.3 Å². The molecule has 1 fully saturated rings. The number of hydrogen-bond acceptors (Lipinski definition) is 4. The van der Waals surface area contributed by atoms with Gasteiger partial charge in [0.05, 0.1) is 19.2 Å². The molecule has 2 heterocycles. The van der Waals surface area contributed by atoms with E-state index < -0.39 is 0 Å². The van der Waals surface area contributed by atoms with Crippen molar-refractivity contribution < 1.29 is 13.9 Å². The van der Waals surface area contributed by atoms with Crippen molar-refractivity contribution >= 4 is 5.91 Å². The molecule has 5 nitrogen and oxygen atoms in total. The molecule has 2 aliphatic rings. The van der Waals surface area contributed by atoms with Crippen LogP contribution in [0.1, 0.15) is 30.5 Å². The lowest BCUT2D eigenvalue weighted by Gasteiger charge is -2.31. The monoisotopic (exact) mass is 367 g/mol. The van der Waals surface area contributed by atoms with Gasteiger partial charge in [-0.25, -0.2) is 9.82 Å². The zero-order chi connectivity index (χ0) is 18.8. The summed E-state index contributed by atoms with van der Waals surface area (Å²) in [5.74, 6) is 0.567. The molecule has 2 aromatic carbocycles. The van der Waals surface area contributed by atoms with Crippen LogP contribution >= 0.6 is 0 Å². The van der Waals surface area contributed by atoms with E-state index in [2.05, 4.69) is 5.43 Å². The van der Waals surface area contributed by atoms with E-state index in [1.54, 1.807) is 17.2 Å². The van der Waals surface area contributed by atoms with Crippen molar-refractivity contribution in [3.63, 3.8) is 0 Å². The number of nitrogens with zero attached hydrogens (tertiary/aromatic N) is 2. The topological polar surface area (TPSA) is 44.8 Å². The molecule has 1 saturated heterocycles. The van der Waals surface area contributed by atoms with Gasteiger partial charge in [0.2, 0.25) is 0 Å². The molecule has 140 valence electrons. The number of ether oxygens (including phenoxy) is 1. The highest BCUT2D eigenvalue weighted by atomic mass is 19.1. The Morgan fingerprint density at radius 3 is 2.74 bits per heavy atom. The number of halogens is 1. The minimum Gasteiger partial charge on any atom is -0.494 e. The summed E-state index contributed by atoms with van der Waals surface area (Å²) in [6, 6.07) is 14.1. The molecular formula is C21H22FN3O2. The van der Waals surface area contributed by atoms with Crippen LogP contribution in [0.15, 0.2) is 60.9 Å². The minimum atomic E-state index is -0.291. The number of carbonyl (C=O) groups excluding carboxylic acids is 1. The average molecular weight is 367 g/mol. The summed E-state index contributed by atoms with van der Waals surface area (Å²) in [5.41, 5.74) is 5.27. The Balaban J connectivity index is 1.45. The van der Waals surface area contributed by atoms with Gasteiger partial charge in [-0.2, -0.15) is 0 Å². The fourth-order valence-corrected chi connectivity index (χ4v) is 3.58. The first-order chi connectivity index (χ1) is 13.1. The minimum absolute atomic E-state index is 0.0164. The third-order valence-corrected chi connectivity index (χ3v) is 4.91. The quantitative estimate of drug-likeness (QED) is 0.880. The summed E-state index contributed by atoms with van der Waals surface area (Å²) in [6.45, 7) is 2.96. The van der Waals surface area contributed by atoms with Crippen LogP contribution in [0, 0.1) is 5.82 Å². The van der Waals surface area contributed by atoms with Crippen LogP contribution in [-0.4, -0.2) is 28.5 Å². The molecule has 1 amide bonds. The SMILES string of the molecule is CCOc1ccc(C2CC3C(=O)N(Cc4cccc(F)c4)C=CN3N2)cc1. The molecule has 2 aromatic rings. The largest absolute Gasteiger partial charge is 0.494 e. The van der Waals surface area contributed by atoms with E-state index in [0.29, 0.717) is 19.6 Å². The Labute approximate surface area is 158 Å². The van der Waals surface area contributed by atoms with Gasteiger partial charge in [0.15, 0.2) is 0 Å². The van der Waals surface area contributed by atoms with Crippen molar-refractivity contribution in [3.8, 4) is 5.75 Å². The van der Waals surface area contributed by atoms with Crippen LogP contribution < -0.4 is 10.2 Å². The van der Waals surface area contributed by atoms with E-state index in [0.717, 1.165) is 16.9 Å². The van der Waals surface area contributed by atoms with Crippen LogP contribution in [0.4, 0.5) is 4.39 Å². The lowest BCUT2D eigenvalue weighted by Crippen LogP contribution is -2.47. The summed E-state index contributed by atoms with van der Waals surface area (Å²) < 4.78 is 18.9. The van der Waals surface area contributed by atoms with Crippen molar-refractivity contribution in [2.75, 3.05) is 6.61 Å². The van der Waals surface area contributed by atoms with Gasteiger partial charge in [-0.05, 0) is 48.7 Å². The Bertz CT molecular complexity index is 853. The third kappa shape index (κ3) is 3.66. The van der Waals surface area contributed by atoms with Crippen LogP contribution in [0.3, 0.4) is 0 Å². The molecule has 0 spiro atoms. The van der Waals surface area contributed by atoms with E-state index in [4.69, 9.17) is 4.74 Å². The highest BCUT2D eigenvalue weighted by Gasteiger charge is 2.39. The fourth-order valence-electron chi connectivity index (χ4n) is 3.58. The van der Waals surface area contributed by atoms with Gasteiger partial charge in [0.1, 0.15) is 17.6 Å². The summed E-state index contributed by atoms with van der Waals surface area (Å²) >= 11 is 0. The Morgan fingerprint density at radius 2 is 2.00 bits per heavy atom. The number of hydrazine groups is 1. The zero-order valence-corrected chi connectivity index (χ0v) is 15.1. The summed E-state index contributed by atoms with van der Waals surface area (Å²) in [6.07, 6.45) is 4.30. The second kappa shape index (κ2) is 7.40. The second-order valence-corrected chi connectivity index (χ2v) is 6.74. The molecule has 0 aliphatic carbocycles. The maximum Gasteiger partial charge on any atom is 0.251 e. The van der Waals surface area contributed by atoms with Gasteiger partial charge in [0, 0.05) is 12.4 Å². The zero-order valence-electron chi connectivity index (χ0n) is 15.1. The number of fused-ring (bicyclic) bond motifs is 1. The summed E-state index contributed by atoms with van der Waals surface area (Å²) in [7, 11) is 0. The number of amides is 1. The predicted molar refractivity (Wildman–Crippen MR) is 99.8 cm³/mol. The number of nitrogens with one attached hydrogen (secondary N) is 1. The van der Waals surface area contributed by atoms with Crippen molar-refractivity contribution in [2.45, 2.75) is 32.0 Å². The Kier molecular flexibility index (Phi) is 4.81. The van der Waals surface area contributed by atoms with Gasteiger partial charge in [0.25, 0.3) is 5.91 Å². The first kappa shape index (κ1) is 17.5. The molecule has 27 heavy (non-hydrogen) atoms. The maximum atomic E-state index is 13.4. The standard InChI is InChI=1S/C21H22FN3O2/c1-2-27-18-8-6-16(7-9-18)19-13-20-21(26)24(10-11-25(20)23-19)14-15-4-3-5-17(22)12-15/h3-12,19-20,23H,2,13-14H2,1H3. The number of benzene rings is 2. The highest BCUT2D eigenvalue weighted by molar-refractivity contribution is 5.84. The van der Waals surface area contributed by atoms with E-state index in [1.807, 2.05) is 48.5 Å². The molecule has 1 N–H and O–H groups in total. The first-order valence-electron chi connectivity index (χ1n) is 9.14. The van der Waals surface area contributed by atoms with Crippen molar-refractivity contribution in [3.05, 3.63) is 77.9 Å². The molecule has 0 bridgehead atoms. The van der Waals surface area contributed by atoms with Gasteiger partial charge in [-0.3, -0.25) is 4.79 Å². The highest BCUT2D eigenvalue weighted by Crippen LogP contribution is 2.32. The van der Waals surface area contributed by atoms with Gasteiger partial charge < -0.3 is 14.6 Å². The van der Waals surface area contributed by atoms with E-state index in [-0.39, 0.29) is 23.8 Å². The van der Waals surface area contributed by atoms with E-state index in [1.165, 1.54) is 12.1 Å². The predicted octanol–water partition coefficient (Wildman–Crippen LogP) is 3.36. The fraction of sp³-hybridized carbons (Fsp3) is 0.286. The summed E-state index contributed by atoms with van der Waals surface area (Å²) in [4.78, 5) is 14.5. The molecule has 6 heteroatoms. The average Bonchev–Trinajstić information content (AvgIpc) is 3.10. The van der Waals surface area contributed by atoms with Gasteiger partial charge in [-0.1, -0.05) is 24.3 Å². The number of rotatable bonds is 5. The Morgan fingerprint density at radius 1 is 1.19 bits per heavy atom. The van der Waals surface area contributed by atoms with E-state index in [9.17, 15) is 9.18 Å². The molecule has 2 unspecified atom stereocenters. The lowest BCUT2D eigenvalue weighted by atomic mass is 10.0. The smallest absolute Gasteiger partial charge is 0.251 e. The molecule has 0 radical (unpaired) electrons. The Hall–Kier alpha value is -2.86. The molecule has 0 aromatic heterocycles. The third-order valence-electron chi connectivity index (χ3n) is 4.91. The van der Waals surface area contributed by atoms with Crippen LogP contribution in [0.2, 0.25) is 0 Å². The van der Waals surface area contributed by atoms with Gasteiger partial charge in [-0.15, -0.1) is 0 Å². The van der Waals surface area contributed by atoms with Crippen LogP contribution in [0.25, 0.3) is 0 Å². The van der Waals surface area contributed by atoms with E-state index >= 15 is 0 Å². The maximum absolute atomic E-state index is 13.4. The van der Waals surface area contributed by atoms with Gasteiger partial charge >= 0.3 is 0 Å². The summed E-state index contributed by atoms with van der Waals surface area (Å²) in [5, 5.41) is 1.87. The van der Waals surface area contributed by atoms with Crippen molar-refractivity contribution in [1.82, 2.24) is 15.3 Å². The van der Waals surface area contributed by atoms with Crippen LogP contribution in [0.5, 0.6) is 5.75 Å². The lowest BCUT2D eigenvalue weighted by molar-refractivity contribution is -0.134. The van der Waals surface area contributed by atoms with Crippen molar-refractivity contribution in [2.24, 2.45) is 0 Å². The normalized spacial score (nSPS) is 21.5. The second-order valence-electron chi connectivity index (χ2n) is 6.74. The molecule has 2 atom stereocenters. The number of carbonyl (C=O) groups is 1. The number of hydrogen-bond donors (Lipinski definition) is 1. The molecule has 2 aliphatic heterocycles. The molecule has 4 rings (SSSR count). The molecule has 0 saturated carbocycles.